The first kappa shape index (κ1) is 25.6. The van der Waals surface area contributed by atoms with Crippen molar-refractivity contribution in [1.82, 2.24) is 5.32 Å². The zero-order chi connectivity index (χ0) is 24.8. The Kier molecular flexibility index (Phi) is 8.34. The van der Waals surface area contributed by atoms with Crippen LogP contribution < -0.4 is 5.32 Å². The molecule has 0 saturated heterocycles. The highest BCUT2D eigenvalue weighted by atomic mass is 16.6. The van der Waals surface area contributed by atoms with Crippen molar-refractivity contribution in [3.05, 3.63) is 86.8 Å². The van der Waals surface area contributed by atoms with Crippen LogP contribution in [-0.4, -0.2) is 29.1 Å². The zero-order valence-corrected chi connectivity index (χ0v) is 19.8. The van der Waals surface area contributed by atoms with Crippen molar-refractivity contribution in [2.75, 3.05) is 6.61 Å². The van der Waals surface area contributed by atoms with Gasteiger partial charge in [-0.25, -0.2) is 9.59 Å². The summed E-state index contributed by atoms with van der Waals surface area (Å²) >= 11 is 0. The molecule has 1 N–H and O–H groups in total. The molecule has 0 spiro atoms. The predicted octanol–water partition coefficient (Wildman–Crippen LogP) is 4.85. The summed E-state index contributed by atoms with van der Waals surface area (Å²) in [5.41, 5.74) is 0.899. The fourth-order valence-electron chi connectivity index (χ4n) is 3.47. The molecule has 0 fully saturated rings. The largest absolute Gasteiger partial charge is 0.458 e. The van der Waals surface area contributed by atoms with Crippen LogP contribution in [0.5, 0.6) is 0 Å². The molecule has 1 atom stereocenters. The second-order valence-corrected chi connectivity index (χ2v) is 8.54. The number of allylic oxidation sites excluding steroid dienone is 5. The summed E-state index contributed by atoms with van der Waals surface area (Å²) in [4.78, 5) is 37.2. The van der Waals surface area contributed by atoms with E-state index in [4.69, 9.17) is 9.47 Å². The van der Waals surface area contributed by atoms with Gasteiger partial charge in [0, 0.05) is 23.5 Å². The normalized spacial score (nSPS) is 16.8. The van der Waals surface area contributed by atoms with Crippen molar-refractivity contribution >= 4 is 17.6 Å². The van der Waals surface area contributed by atoms with E-state index < -0.39 is 28.4 Å². The molecular formula is C25H30N2O6. The van der Waals surface area contributed by atoms with Crippen LogP contribution in [0.4, 0.5) is 5.69 Å². The van der Waals surface area contributed by atoms with Crippen molar-refractivity contribution in [2.45, 2.75) is 53.1 Å². The molecule has 1 unspecified atom stereocenters. The van der Waals surface area contributed by atoms with Crippen molar-refractivity contribution < 1.29 is 24.0 Å². The number of nitro benzene ring substituents is 1. The third-order valence-electron chi connectivity index (χ3n) is 4.76. The molecule has 8 heteroatoms. The van der Waals surface area contributed by atoms with E-state index in [1.165, 1.54) is 18.2 Å². The molecule has 2 rings (SSSR count). The molecule has 0 aromatic heterocycles. The Morgan fingerprint density at radius 3 is 2.33 bits per heavy atom. The summed E-state index contributed by atoms with van der Waals surface area (Å²) < 4.78 is 11.0. The molecule has 1 heterocycles. The fourth-order valence-corrected chi connectivity index (χ4v) is 3.47. The molecule has 0 aliphatic carbocycles. The van der Waals surface area contributed by atoms with Gasteiger partial charge in [0.2, 0.25) is 0 Å². The van der Waals surface area contributed by atoms with Crippen LogP contribution in [0, 0.1) is 10.1 Å². The van der Waals surface area contributed by atoms with Crippen LogP contribution in [-0.2, 0) is 19.1 Å². The predicted molar refractivity (Wildman–Crippen MR) is 125 cm³/mol. The van der Waals surface area contributed by atoms with Crippen LogP contribution in [0.2, 0.25) is 0 Å². The maximum atomic E-state index is 13.2. The number of esters is 2. The van der Waals surface area contributed by atoms with Gasteiger partial charge in [-0.1, -0.05) is 30.4 Å². The number of nitrogens with zero attached hydrogens (tertiary/aromatic N) is 1. The molecule has 1 aromatic rings. The Morgan fingerprint density at radius 2 is 1.76 bits per heavy atom. The van der Waals surface area contributed by atoms with Gasteiger partial charge in [-0.3, -0.25) is 10.1 Å². The SMILES string of the molecule is CC=CC=CCOC(=O)C1=C(C)NC(C)=C(C(=O)OC(C)(C)C)C1c1cccc([N+](=O)[O-])c1. The molecular weight excluding hydrogens is 424 g/mol. The number of ether oxygens (including phenoxy) is 2. The van der Waals surface area contributed by atoms with Gasteiger partial charge in [0.05, 0.1) is 22.0 Å². The minimum Gasteiger partial charge on any atom is -0.458 e. The lowest BCUT2D eigenvalue weighted by atomic mass is 9.80. The lowest BCUT2D eigenvalue weighted by Gasteiger charge is -2.32. The van der Waals surface area contributed by atoms with E-state index in [1.807, 2.05) is 13.0 Å². The summed E-state index contributed by atoms with van der Waals surface area (Å²) in [6.07, 6.45) is 7.08. The van der Waals surface area contributed by atoms with E-state index in [9.17, 15) is 19.7 Å². The first-order valence-corrected chi connectivity index (χ1v) is 10.6. The number of carbonyl (C=O) groups excluding carboxylic acids is 2. The van der Waals surface area contributed by atoms with Crippen LogP contribution in [0.25, 0.3) is 0 Å². The Labute approximate surface area is 193 Å². The Bertz CT molecular complexity index is 1060. The first-order chi connectivity index (χ1) is 15.5. The molecule has 33 heavy (non-hydrogen) atoms. The number of benzene rings is 1. The van der Waals surface area contributed by atoms with Crippen LogP contribution >= 0.6 is 0 Å². The minimum absolute atomic E-state index is 0.0338. The number of hydrogen-bond donors (Lipinski definition) is 1. The first-order valence-electron chi connectivity index (χ1n) is 10.6. The average molecular weight is 455 g/mol. The van der Waals surface area contributed by atoms with Crippen molar-refractivity contribution in [1.29, 1.82) is 0 Å². The second-order valence-electron chi connectivity index (χ2n) is 8.54. The van der Waals surface area contributed by atoms with Gasteiger partial charge in [-0.05, 0) is 53.2 Å². The number of non-ortho nitro benzene ring substituents is 1. The average Bonchev–Trinajstić information content (AvgIpc) is 2.71. The van der Waals surface area contributed by atoms with Crippen molar-refractivity contribution in [3.63, 3.8) is 0 Å². The highest BCUT2D eigenvalue weighted by molar-refractivity contribution is 6.00. The Morgan fingerprint density at radius 1 is 1.12 bits per heavy atom. The number of nitrogens with one attached hydrogen (secondary N) is 1. The van der Waals surface area contributed by atoms with Crippen LogP contribution in [0.1, 0.15) is 53.0 Å². The summed E-state index contributed by atoms with van der Waals surface area (Å²) in [5, 5.41) is 14.5. The van der Waals surface area contributed by atoms with E-state index in [-0.39, 0.29) is 23.4 Å². The van der Waals surface area contributed by atoms with Gasteiger partial charge in [-0.15, -0.1) is 0 Å². The number of dihydropyridines is 1. The van der Waals surface area contributed by atoms with Crippen LogP contribution in [0.3, 0.4) is 0 Å². The third kappa shape index (κ3) is 6.65. The molecule has 0 bridgehead atoms. The molecule has 176 valence electrons. The van der Waals surface area contributed by atoms with Crippen LogP contribution in [0.15, 0.2) is 71.1 Å². The number of rotatable bonds is 7. The fraction of sp³-hybridized carbons (Fsp3) is 0.360. The second kappa shape index (κ2) is 10.8. The quantitative estimate of drug-likeness (QED) is 0.272. The summed E-state index contributed by atoms with van der Waals surface area (Å²) in [6, 6.07) is 5.89. The summed E-state index contributed by atoms with van der Waals surface area (Å²) in [5.74, 6) is -2.14. The molecule has 1 aromatic carbocycles. The number of nitro groups is 1. The van der Waals surface area contributed by atoms with Gasteiger partial charge in [0.15, 0.2) is 0 Å². The van der Waals surface area contributed by atoms with Gasteiger partial charge < -0.3 is 14.8 Å². The monoisotopic (exact) mass is 454 g/mol. The Hall–Kier alpha value is -3.68. The van der Waals surface area contributed by atoms with E-state index >= 15 is 0 Å². The maximum Gasteiger partial charge on any atom is 0.337 e. The number of carbonyl (C=O) groups is 2. The van der Waals surface area contributed by atoms with Crippen molar-refractivity contribution in [3.8, 4) is 0 Å². The lowest BCUT2D eigenvalue weighted by Crippen LogP contribution is -2.35. The molecule has 1 aliphatic heterocycles. The topological polar surface area (TPSA) is 108 Å². The van der Waals surface area contributed by atoms with Gasteiger partial charge in [0.25, 0.3) is 5.69 Å². The Balaban J connectivity index is 2.57. The zero-order valence-electron chi connectivity index (χ0n) is 19.8. The van der Waals surface area contributed by atoms with Gasteiger partial charge >= 0.3 is 11.9 Å². The standard InChI is InChI=1S/C25H30N2O6/c1-7-8-9-10-14-32-23(28)20-16(2)26-17(3)21(24(29)33-25(4,5)6)22(20)18-12-11-13-19(15-18)27(30)31/h7-13,15,22,26H,14H2,1-6H3. The van der Waals surface area contributed by atoms with E-state index in [0.717, 1.165) is 0 Å². The maximum absolute atomic E-state index is 13.2. The van der Waals surface area contributed by atoms with E-state index in [1.54, 1.807) is 58.9 Å². The van der Waals surface area contributed by atoms with E-state index in [0.29, 0.717) is 17.0 Å². The van der Waals surface area contributed by atoms with Gasteiger partial charge in [0.1, 0.15) is 12.2 Å². The lowest BCUT2D eigenvalue weighted by molar-refractivity contribution is -0.384. The minimum atomic E-state index is -0.895. The molecule has 8 nitrogen and oxygen atoms in total. The molecule has 1 aliphatic rings. The summed E-state index contributed by atoms with van der Waals surface area (Å²) in [7, 11) is 0. The van der Waals surface area contributed by atoms with Gasteiger partial charge in [-0.2, -0.15) is 0 Å². The molecule has 0 amide bonds. The molecule has 0 saturated carbocycles. The third-order valence-corrected chi connectivity index (χ3v) is 4.76. The molecule has 0 radical (unpaired) electrons. The number of hydrogen-bond acceptors (Lipinski definition) is 7. The van der Waals surface area contributed by atoms with E-state index in [2.05, 4.69) is 5.32 Å². The smallest absolute Gasteiger partial charge is 0.337 e. The summed E-state index contributed by atoms with van der Waals surface area (Å²) in [6.45, 7) is 10.5. The highest BCUT2D eigenvalue weighted by Crippen LogP contribution is 2.40. The van der Waals surface area contributed by atoms with Crippen molar-refractivity contribution in [2.24, 2.45) is 0 Å². The highest BCUT2D eigenvalue weighted by Gasteiger charge is 2.39.